The molecule has 152 valence electrons. The maximum Gasteiger partial charge on any atom is 0.328 e. The van der Waals surface area contributed by atoms with Gasteiger partial charge in [0.25, 0.3) is 0 Å². The Morgan fingerprint density at radius 2 is 2.04 bits per heavy atom. The second-order valence-electron chi connectivity index (χ2n) is 7.45. The van der Waals surface area contributed by atoms with Crippen molar-refractivity contribution in [2.24, 2.45) is 11.8 Å². The molecule has 0 amide bonds. The van der Waals surface area contributed by atoms with Crippen molar-refractivity contribution in [3.05, 3.63) is 47.5 Å². The molecule has 28 heavy (non-hydrogen) atoms. The van der Waals surface area contributed by atoms with Crippen LogP contribution in [0, 0.1) is 11.8 Å². The van der Waals surface area contributed by atoms with E-state index in [1.54, 1.807) is 6.92 Å². The number of carbonyl (C=O) groups is 3. The number of aliphatic carboxylic acids is 1. The number of carboxylic acid groups (broad SMARTS) is 1. The molecular formula is C21H26O7. The number of rotatable bonds is 7. The lowest BCUT2D eigenvalue weighted by molar-refractivity contribution is -0.164. The second kappa shape index (κ2) is 8.56. The minimum absolute atomic E-state index is 0.198. The van der Waals surface area contributed by atoms with E-state index in [-0.39, 0.29) is 11.9 Å². The van der Waals surface area contributed by atoms with Crippen LogP contribution in [0.3, 0.4) is 0 Å². The van der Waals surface area contributed by atoms with Gasteiger partial charge in [0.2, 0.25) is 0 Å². The lowest BCUT2D eigenvalue weighted by Crippen LogP contribution is -2.50. The number of allylic oxidation sites excluding steroid dienone is 3. The molecule has 2 rings (SSSR count). The zero-order valence-electron chi connectivity index (χ0n) is 16.5. The van der Waals surface area contributed by atoms with E-state index in [1.165, 1.54) is 31.4 Å². The molecule has 2 aliphatic rings. The van der Waals surface area contributed by atoms with Gasteiger partial charge in [-0.15, -0.1) is 0 Å². The summed E-state index contributed by atoms with van der Waals surface area (Å²) < 4.78 is 10.9. The smallest absolute Gasteiger partial charge is 0.328 e. The van der Waals surface area contributed by atoms with Crippen LogP contribution >= 0.6 is 0 Å². The van der Waals surface area contributed by atoms with E-state index in [0.29, 0.717) is 23.5 Å². The highest BCUT2D eigenvalue weighted by Gasteiger charge is 2.50. The lowest BCUT2D eigenvalue weighted by atomic mass is 9.72. The summed E-state index contributed by atoms with van der Waals surface area (Å²) in [6, 6.07) is 0. The van der Waals surface area contributed by atoms with E-state index < -0.39 is 29.2 Å². The number of aliphatic hydroxyl groups is 1. The van der Waals surface area contributed by atoms with Crippen molar-refractivity contribution in [1.29, 1.82) is 0 Å². The Balaban J connectivity index is 2.28. The van der Waals surface area contributed by atoms with Crippen molar-refractivity contribution in [3.8, 4) is 0 Å². The Kier molecular flexibility index (Phi) is 6.61. The van der Waals surface area contributed by atoms with E-state index >= 15 is 0 Å². The minimum Gasteiger partial charge on any atom is -0.478 e. The first-order chi connectivity index (χ1) is 13.1. The molecule has 0 saturated heterocycles. The summed E-state index contributed by atoms with van der Waals surface area (Å²) in [5, 5.41) is 19.4. The number of carbonyl (C=O) groups excluding carboxylic acids is 2. The Morgan fingerprint density at radius 1 is 1.36 bits per heavy atom. The van der Waals surface area contributed by atoms with Crippen molar-refractivity contribution in [2.45, 2.75) is 52.2 Å². The first-order valence-electron chi connectivity index (χ1n) is 9.25. The molecular weight excluding hydrogens is 364 g/mol. The van der Waals surface area contributed by atoms with Crippen LogP contribution in [0.2, 0.25) is 0 Å². The van der Waals surface area contributed by atoms with Gasteiger partial charge in [-0.2, -0.15) is 0 Å². The van der Waals surface area contributed by atoms with Crippen molar-refractivity contribution in [3.63, 3.8) is 0 Å². The highest BCUT2D eigenvalue weighted by molar-refractivity contribution is 6.04. The maximum atomic E-state index is 12.8. The molecule has 4 atom stereocenters. The van der Waals surface area contributed by atoms with Gasteiger partial charge in [0.15, 0.2) is 5.78 Å². The van der Waals surface area contributed by atoms with Crippen LogP contribution in [0.4, 0.5) is 0 Å². The monoisotopic (exact) mass is 390 g/mol. The second-order valence-corrected chi connectivity index (χ2v) is 7.45. The fourth-order valence-corrected chi connectivity index (χ4v) is 3.21. The average molecular weight is 390 g/mol. The largest absolute Gasteiger partial charge is 0.478 e. The summed E-state index contributed by atoms with van der Waals surface area (Å²) >= 11 is 0. The van der Waals surface area contributed by atoms with Gasteiger partial charge >= 0.3 is 11.9 Å². The number of ketones is 1. The standard InChI is InChI=1S/C21H26O7/c1-5-12(2)8-13(3)28-20(25)19-16-11-27-15(6-7-18(23)24)9-14(16)10-17(22)21(19,4)26/h6-7,9-13,19,26H,5,8H2,1-4H3,(H,23,24). The normalized spacial score (nSPS) is 26.4. The highest BCUT2D eigenvalue weighted by Crippen LogP contribution is 2.40. The Morgan fingerprint density at radius 3 is 2.64 bits per heavy atom. The van der Waals surface area contributed by atoms with Gasteiger partial charge in [0.05, 0.1) is 12.4 Å². The van der Waals surface area contributed by atoms with Crippen LogP contribution in [-0.2, 0) is 23.9 Å². The van der Waals surface area contributed by atoms with Crippen molar-refractivity contribution < 1.29 is 34.1 Å². The zero-order valence-corrected chi connectivity index (χ0v) is 16.5. The van der Waals surface area contributed by atoms with Gasteiger partial charge < -0.3 is 19.7 Å². The third-order valence-electron chi connectivity index (χ3n) is 4.99. The van der Waals surface area contributed by atoms with Crippen LogP contribution in [0.15, 0.2) is 47.5 Å². The summed E-state index contributed by atoms with van der Waals surface area (Å²) in [6.07, 6.45) is 7.30. The average Bonchev–Trinajstić information content (AvgIpc) is 2.60. The number of fused-ring (bicyclic) bond motifs is 1. The minimum atomic E-state index is -1.96. The van der Waals surface area contributed by atoms with E-state index in [0.717, 1.165) is 12.5 Å². The number of hydrogen-bond donors (Lipinski definition) is 2. The van der Waals surface area contributed by atoms with Crippen molar-refractivity contribution in [1.82, 2.24) is 0 Å². The summed E-state index contributed by atoms with van der Waals surface area (Å²) in [4.78, 5) is 35.9. The molecule has 1 aliphatic heterocycles. The fourth-order valence-electron chi connectivity index (χ4n) is 3.21. The molecule has 1 heterocycles. The van der Waals surface area contributed by atoms with E-state index in [9.17, 15) is 19.5 Å². The van der Waals surface area contributed by atoms with Gasteiger partial charge in [-0.3, -0.25) is 9.59 Å². The van der Waals surface area contributed by atoms with Gasteiger partial charge in [0, 0.05) is 11.6 Å². The summed E-state index contributed by atoms with van der Waals surface area (Å²) in [6.45, 7) is 7.16. The molecule has 0 bridgehead atoms. The number of carboxylic acids is 1. The van der Waals surface area contributed by atoms with Gasteiger partial charge in [-0.1, -0.05) is 20.3 Å². The van der Waals surface area contributed by atoms with Crippen LogP contribution in [0.25, 0.3) is 0 Å². The van der Waals surface area contributed by atoms with Crippen molar-refractivity contribution in [2.75, 3.05) is 0 Å². The van der Waals surface area contributed by atoms with Gasteiger partial charge in [-0.05, 0) is 50.0 Å². The molecule has 4 unspecified atom stereocenters. The molecule has 1 aliphatic carbocycles. The predicted octanol–water partition coefficient (Wildman–Crippen LogP) is 2.67. The lowest BCUT2D eigenvalue weighted by Gasteiger charge is -2.36. The highest BCUT2D eigenvalue weighted by atomic mass is 16.5. The van der Waals surface area contributed by atoms with E-state index in [1.807, 2.05) is 6.92 Å². The molecule has 7 nitrogen and oxygen atoms in total. The van der Waals surface area contributed by atoms with E-state index in [2.05, 4.69) is 6.92 Å². The first-order valence-corrected chi connectivity index (χ1v) is 9.25. The predicted molar refractivity (Wildman–Crippen MR) is 101 cm³/mol. The molecule has 7 heteroatoms. The van der Waals surface area contributed by atoms with E-state index in [4.69, 9.17) is 14.6 Å². The number of ether oxygens (including phenoxy) is 2. The fraction of sp³-hybridized carbons (Fsp3) is 0.476. The third-order valence-corrected chi connectivity index (χ3v) is 4.99. The maximum absolute atomic E-state index is 12.8. The third kappa shape index (κ3) is 4.78. The number of hydrogen-bond acceptors (Lipinski definition) is 6. The molecule has 0 aromatic carbocycles. The molecule has 0 aromatic heterocycles. The van der Waals surface area contributed by atoms with Gasteiger partial charge in [0.1, 0.15) is 17.3 Å². The Labute approximate surface area is 164 Å². The quantitative estimate of drug-likeness (QED) is 0.508. The van der Waals surface area contributed by atoms with Crippen LogP contribution < -0.4 is 0 Å². The summed E-state index contributed by atoms with van der Waals surface area (Å²) in [5.74, 6) is -3.14. The Bertz CT molecular complexity index is 783. The SMILES string of the molecule is CCC(C)CC(C)OC(=O)C1C2=COC(C=CC(=O)O)=CC2=CC(=O)C1(C)O. The van der Waals surface area contributed by atoms with Crippen molar-refractivity contribution >= 4 is 17.7 Å². The molecule has 0 saturated carbocycles. The molecule has 0 spiro atoms. The van der Waals surface area contributed by atoms with Gasteiger partial charge in [-0.25, -0.2) is 4.79 Å². The molecule has 2 N–H and O–H groups in total. The molecule has 0 fully saturated rings. The number of esters is 1. The Hall–Kier alpha value is -2.67. The summed E-state index contributed by atoms with van der Waals surface area (Å²) in [5.41, 5.74) is -1.27. The van der Waals surface area contributed by atoms with Crippen LogP contribution in [0.5, 0.6) is 0 Å². The van der Waals surface area contributed by atoms with Crippen LogP contribution in [0.1, 0.15) is 40.5 Å². The zero-order chi connectivity index (χ0) is 21.1. The molecule has 0 radical (unpaired) electrons. The molecule has 0 aromatic rings. The van der Waals surface area contributed by atoms with Crippen LogP contribution in [-0.4, -0.2) is 39.6 Å². The first kappa shape index (κ1) is 21.6. The topological polar surface area (TPSA) is 110 Å². The summed E-state index contributed by atoms with van der Waals surface area (Å²) in [7, 11) is 0.